The third-order valence-electron chi connectivity index (χ3n) is 1.84. The first-order valence-corrected chi connectivity index (χ1v) is 6.62. The van der Waals surface area contributed by atoms with Crippen LogP contribution >= 0.6 is 34.5 Å². The zero-order valence-electron chi connectivity index (χ0n) is 8.54. The molecule has 0 radical (unpaired) electrons. The minimum absolute atomic E-state index is 0.297. The van der Waals surface area contributed by atoms with Crippen LogP contribution in [-0.4, -0.2) is 12.0 Å². The number of fused-ring (bicyclic) bond motifs is 1. The number of hydrogen-bond donors (Lipinski definition) is 2. The Hall–Kier alpha value is -0.430. The lowest BCUT2D eigenvalue weighted by Gasteiger charge is -2.21. The highest BCUT2D eigenvalue weighted by atomic mass is 127. The van der Waals surface area contributed by atoms with Crippen molar-refractivity contribution in [3.05, 3.63) is 21.8 Å². The minimum Gasteiger partial charge on any atom is -0.325 e. The van der Waals surface area contributed by atoms with E-state index in [1.807, 2.05) is 0 Å². The van der Waals surface area contributed by atoms with Crippen LogP contribution in [0.15, 0.2) is 28.1 Å². The highest BCUT2D eigenvalue weighted by molar-refractivity contribution is 14.1. The van der Waals surface area contributed by atoms with Crippen LogP contribution in [0.1, 0.15) is 13.8 Å². The molecule has 0 aromatic heterocycles. The molecule has 0 saturated heterocycles. The van der Waals surface area contributed by atoms with Crippen LogP contribution < -0.4 is 10.0 Å². The second kappa shape index (κ2) is 4.61. The molecule has 0 fully saturated rings. The van der Waals surface area contributed by atoms with Crippen LogP contribution in [0.3, 0.4) is 0 Å². The average Bonchev–Trinajstić information content (AvgIpc) is 2.17. The number of nitrogens with one attached hydrogen (secondary N) is 2. The smallest absolute Gasteiger partial charge is 0.206 e. The van der Waals surface area contributed by atoms with Crippen LogP contribution in [0.4, 0.5) is 5.69 Å². The summed E-state index contributed by atoms with van der Waals surface area (Å²) in [6.45, 7) is 4.12. The highest BCUT2D eigenvalue weighted by Gasteiger charge is 2.13. The maximum Gasteiger partial charge on any atom is 0.206 e. The van der Waals surface area contributed by atoms with Gasteiger partial charge in [0.15, 0.2) is 0 Å². The van der Waals surface area contributed by atoms with Gasteiger partial charge in [-0.25, -0.2) is 4.99 Å². The first-order chi connectivity index (χ1) is 7.15. The fraction of sp³-hybridized carbons (Fsp3) is 0.300. The predicted molar refractivity (Wildman–Crippen MR) is 74.3 cm³/mol. The Morgan fingerprint density at radius 1 is 1.40 bits per heavy atom. The third kappa shape index (κ3) is 2.78. The average molecular weight is 333 g/mol. The predicted octanol–water partition coefficient (Wildman–Crippen LogP) is 3.08. The molecule has 80 valence electrons. The summed E-state index contributed by atoms with van der Waals surface area (Å²) in [4.78, 5) is 5.64. The number of guanidine groups is 1. The standard InChI is InChI=1S/C10H12IN3S/c1-6(2)12-10-13-8-4-3-7(11)5-9(8)15-14-10/h3-6H,1-2H3,(H2,12,13,14). The van der Waals surface area contributed by atoms with Crippen LogP contribution in [0.2, 0.25) is 0 Å². The van der Waals surface area contributed by atoms with Gasteiger partial charge in [0.05, 0.1) is 10.6 Å². The second-order valence-corrected chi connectivity index (χ2v) is 5.63. The summed E-state index contributed by atoms with van der Waals surface area (Å²) >= 11 is 3.92. The molecule has 2 rings (SSSR count). The maximum atomic E-state index is 4.43. The van der Waals surface area contributed by atoms with Gasteiger partial charge in [0.25, 0.3) is 0 Å². The quantitative estimate of drug-likeness (QED) is 0.613. The van der Waals surface area contributed by atoms with Gasteiger partial charge in [0.1, 0.15) is 0 Å². The maximum absolute atomic E-state index is 4.43. The van der Waals surface area contributed by atoms with Crippen LogP contribution in [0, 0.1) is 3.57 Å². The lowest BCUT2D eigenvalue weighted by atomic mass is 10.3. The van der Waals surface area contributed by atoms with E-state index < -0.39 is 0 Å². The number of rotatable bonds is 1. The molecule has 0 unspecified atom stereocenters. The highest BCUT2D eigenvalue weighted by Crippen LogP contribution is 2.30. The fourth-order valence-electron chi connectivity index (χ4n) is 1.26. The van der Waals surface area contributed by atoms with Gasteiger partial charge >= 0.3 is 0 Å². The Morgan fingerprint density at radius 2 is 2.20 bits per heavy atom. The van der Waals surface area contributed by atoms with Crippen molar-refractivity contribution in [1.29, 1.82) is 0 Å². The topological polar surface area (TPSA) is 36.4 Å². The molecule has 5 heteroatoms. The molecule has 2 N–H and O–H groups in total. The molecule has 1 aromatic rings. The molecule has 1 heterocycles. The minimum atomic E-state index is 0.297. The molecular formula is C10H12IN3S. The molecule has 0 saturated carbocycles. The molecule has 1 aromatic carbocycles. The summed E-state index contributed by atoms with van der Waals surface area (Å²) in [5.41, 5.74) is 1.12. The van der Waals surface area contributed by atoms with E-state index in [1.165, 1.54) is 8.47 Å². The lowest BCUT2D eigenvalue weighted by Crippen LogP contribution is -2.30. The summed E-state index contributed by atoms with van der Waals surface area (Å²) in [6.07, 6.45) is 0. The number of hydrogen-bond acceptors (Lipinski definition) is 2. The normalized spacial score (nSPS) is 17.2. The molecule has 3 nitrogen and oxygen atoms in total. The Bertz CT molecular complexity index is 404. The van der Waals surface area contributed by atoms with E-state index in [-0.39, 0.29) is 0 Å². The summed E-state index contributed by atoms with van der Waals surface area (Å²) in [6, 6.07) is 6.62. The van der Waals surface area contributed by atoms with Gasteiger partial charge in [0.2, 0.25) is 5.96 Å². The summed E-state index contributed by atoms with van der Waals surface area (Å²) in [5.74, 6) is 0.837. The molecule has 1 aliphatic rings. The van der Waals surface area contributed by atoms with Gasteiger partial charge in [-0.15, -0.1) is 0 Å². The number of halogens is 1. The van der Waals surface area contributed by atoms with Crippen molar-refractivity contribution < 1.29 is 0 Å². The van der Waals surface area contributed by atoms with E-state index in [0.717, 1.165) is 11.6 Å². The first kappa shape index (κ1) is 11.1. The molecule has 0 amide bonds. The van der Waals surface area contributed by atoms with Crippen molar-refractivity contribution >= 4 is 46.2 Å². The number of benzene rings is 1. The summed E-state index contributed by atoms with van der Waals surface area (Å²) < 4.78 is 4.43. The Morgan fingerprint density at radius 3 is 2.93 bits per heavy atom. The van der Waals surface area contributed by atoms with Crippen LogP contribution in [-0.2, 0) is 0 Å². The summed E-state index contributed by atoms with van der Waals surface area (Å²) in [5, 5.41) is 3.27. The SMILES string of the molecule is CC(C)N=C1NSc2cc(I)ccc2N1. The zero-order chi connectivity index (χ0) is 10.8. The van der Waals surface area contributed by atoms with E-state index in [2.05, 4.69) is 69.7 Å². The fourth-order valence-corrected chi connectivity index (χ4v) is 2.68. The van der Waals surface area contributed by atoms with Gasteiger partial charge in [-0.2, -0.15) is 0 Å². The van der Waals surface area contributed by atoms with E-state index in [9.17, 15) is 0 Å². The van der Waals surface area contributed by atoms with Crippen molar-refractivity contribution in [2.45, 2.75) is 24.8 Å². The van der Waals surface area contributed by atoms with Gasteiger partial charge in [0, 0.05) is 9.61 Å². The lowest BCUT2D eigenvalue weighted by molar-refractivity contribution is 0.831. The van der Waals surface area contributed by atoms with E-state index in [0.29, 0.717) is 6.04 Å². The van der Waals surface area contributed by atoms with Crippen molar-refractivity contribution in [2.75, 3.05) is 5.32 Å². The van der Waals surface area contributed by atoms with Gasteiger partial charge in [-0.05, 0) is 66.6 Å². The van der Waals surface area contributed by atoms with Crippen molar-refractivity contribution in [1.82, 2.24) is 4.72 Å². The Balaban J connectivity index is 2.24. The van der Waals surface area contributed by atoms with E-state index in [4.69, 9.17) is 0 Å². The molecular weight excluding hydrogens is 321 g/mol. The van der Waals surface area contributed by atoms with Gasteiger partial charge < -0.3 is 5.32 Å². The third-order valence-corrected chi connectivity index (χ3v) is 3.37. The zero-order valence-corrected chi connectivity index (χ0v) is 11.5. The summed E-state index contributed by atoms with van der Waals surface area (Å²) in [7, 11) is 0. The second-order valence-electron chi connectivity index (χ2n) is 3.54. The Kier molecular flexibility index (Phi) is 3.40. The molecule has 15 heavy (non-hydrogen) atoms. The number of anilines is 1. The molecule has 0 spiro atoms. The molecule has 0 atom stereocenters. The molecule has 0 aliphatic carbocycles. The van der Waals surface area contributed by atoms with Gasteiger partial charge in [-0.1, -0.05) is 0 Å². The number of aliphatic imine (C=N–C) groups is 1. The van der Waals surface area contributed by atoms with E-state index >= 15 is 0 Å². The molecule has 0 bridgehead atoms. The van der Waals surface area contributed by atoms with Crippen molar-refractivity contribution in [3.63, 3.8) is 0 Å². The monoisotopic (exact) mass is 333 g/mol. The number of nitrogens with zero attached hydrogens (tertiary/aromatic N) is 1. The largest absolute Gasteiger partial charge is 0.325 e. The first-order valence-electron chi connectivity index (χ1n) is 4.72. The molecule has 1 aliphatic heterocycles. The van der Waals surface area contributed by atoms with Crippen LogP contribution in [0.25, 0.3) is 0 Å². The Labute approximate surface area is 107 Å². The van der Waals surface area contributed by atoms with Crippen molar-refractivity contribution in [3.8, 4) is 0 Å². The van der Waals surface area contributed by atoms with Gasteiger partial charge in [-0.3, -0.25) is 4.72 Å². The van der Waals surface area contributed by atoms with Crippen molar-refractivity contribution in [2.24, 2.45) is 4.99 Å². The van der Waals surface area contributed by atoms with Crippen LogP contribution in [0.5, 0.6) is 0 Å². The van der Waals surface area contributed by atoms with E-state index in [1.54, 1.807) is 11.9 Å².